The van der Waals surface area contributed by atoms with E-state index in [0.29, 0.717) is 13.1 Å². The quantitative estimate of drug-likeness (QED) is 0.795. The van der Waals surface area contributed by atoms with E-state index in [2.05, 4.69) is 30.0 Å². The summed E-state index contributed by atoms with van der Waals surface area (Å²) in [6.07, 6.45) is 0.370. The summed E-state index contributed by atoms with van der Waals surface area (Å²) in [7, 11) is 0. The number of carbonyl (C=O) groups is 1. The first-order valence-corrected chi connectivity index (χ1v) is 9.97. The molecular formula is C19H17N3OS2. The zero-order valence-electron chi connectivity index (χ0n) is 13.8. The molecule has 1 aromatic carbocycles. The summed E-state index contributed by atoms with van der Waals surface area (Å²) < 4.78 is 0. The first-order valence-electron chi connectivity index (χ1n) is 8.10. The molecule has 0 unspecified atom stereocenters. The second kappa shape index (κ2) is 6.58. The smallest absolute Gasteiger partial charge is 0.229 e. The Kier molecular flexibility index (Phi) is 4.28. The summed E-state index contributed by atoms with van der Waals surface area (Å²) in [5.74, 6) is 0.742. The minimum Gasteiger partial charge on any atom is -0.343 e. The van der Waals surface area contributed by atoms with Gasteiger partial charge in [0.25, 0.3) is 0 Å². The van der Waals surface area contributed by atoms with Crippen molar-refractivity contribution in [2.75, 3.05) is 17.4 Å². The number of para-hydroxylation sites is 1. The van der Waals surface area contributed by atoms with Gasteiger partial charge in [-0.05, 0) is 30.0 Å². The van der Waals surface area contributed by atoms with E-state index in [-0.39, 0.29) is 11.8 Å². The number of thioether (sulfide) groups is 1. The fourth-order valence-corrected chi connectivity index (χ4v) is 5.36. The highest BCUT2D eigenvalue weighted by atomic mass is 32.2. The molecular weight excluding hydrogens is 350 g/mol. The van der Waals surface area contributed by atoms with Gasteiger partial charge in [0.1, 0.15) is 0 Å². The van der Waals surface area contributed by atoms with Gasteiger partial charge in [0.05, 0.1) is 29.2 Å². The van der Waals surface area contributed by atoms with Crippen LogP contribution in [0.5, 0.6) is 0 Å². The van der Waals surface area contributed by atoms with E-state index < -0.39 is 0 Å². The summed E-state index contributed by atoms with van der Waals surface area (Å²) in [4.78, 5) is 17.9. The Morgan fingerprint density at radius 1 is 1.24 bits per heavy atom. The van der Waals surface area contributed by atoms with Crippen molar-refractivity contribution in [2.45, 2.75) is 19.3 Å². The number of nitriles is 1. The molecule has 1 saturated heterocycles. The molecule has 4 nitrogen and oxygen atoms in total. The third kappa shape index (κ3) is 2.84. The van der Waals surface area contributed by atoms with Gasteiger partial charge in [0.2, 0.25) is 5.91 Å². The van der Waals surface area contributed by atoms with E-state index in [1.165, 1.54) is 5.56 Å². The molecule has 0 aliphatic carbocycles. The molecule has 0 spiro atoms. The van der Waals surface area contributed by atoms with Crippen molar-refractivity contribution in [1.82, 2.24) is 4.90 Å². The molecule has 0 radical (unpaired) electrons. The van der Waals surface area contributed by atoms with Crippen LogP contribution in [0.25, 0.3) is 0 Å². The lowest BCUT2D eigenvalue weighted by Crippen LogP contribution is -2.47. The molecule has 0 saturated carbocycles. The molecule has 4 rings (SSSR count). The monoisotopic (exact) mass is 367 g/mol. The number of thiophene rings is 1. The predicted molar refractivity (Wildman–Crippen MR) is 102 cm³/mol. The van der Waals surface area contributed by atoms with E-state index >= 15 is 0 Å². The first kappa shape index (κ1) is 16.2. The molecule has 2 aliphatic rings. The maximum atomic E-state index is 12.8. The van der Waals surface area contributed by atoms with Crippen LogP contribution in [0.15, 0.2) is 52.4 Å². The number of nitrogens with zero attached hydrogens (tertiary/aromatic N) is 3. The second-order valence-electron chi connectivity index (χ2n) is 6.17. The van der Waals surface area contributed by atoms with E-state index in [9.17, 15) is 10.1 Å². The molecule has 0 N–H and O–H groups in total. The lowest BCUT2D eigenvalue weighted by molar-refractivity contribution is -0.129. The highest BCUT2D eigenvalue weighted by Crippen LogP contribution is 2.44. The molecule has 2 aliphatic heterocycles. The largest absolute Gasteiger partial charge is 0.343 e. The van der Waals surface area contributed by atoms with Crippen LogP contribution >= 0.6 is 23.1 Å². The van der Waals surface area contributed by atoms with Gasteiger partial charge >= 0.3 is 0 Å². The summed E-state index contributed by atoms with van der Waals surface area (Å²) >= 11 is 3.20. The molecule has 2 aromatic rings. The van der Waals surface area contributed by atoms with E-state index in [1.54, 1.807) is 28.0 Å². The molecule has 3 heterocycles. The molecule has 6 heteroatoms. The zero-order chi connectivity index (χ0) is 17.4. The van der Waals surface area contributed by atoms with Crippen molar-refractivity contribution in [3.8, 4) is 6.07 Å². The number of allylic oxidation sites excluding steroid dienone is 1. The highest BCUT2D eigenvalue weighted by Gasteiger charge is 2.38. The molecule has 1 fully saturated rings. The molecule has 126 valence electrons. The normalized spacial score (nSPS) is 20.5. The van der Waals surface area contributed by atoms with Crippen LogP contribution in [0.2, 0.25) is 0 Å². The topological polar surface area (TPSA) is 47.3 Å². The third-order valence-corrected chi connectivity index (χ3v) is 6.78. The summed E-state index contributed by atoms with van der Waals surface area (Å²) in [6.45, 7) is 2.59. The summed E-state index contributed by atoms with van der Waals surface area (Å²) in [5.41, 5.74) is 3.06. The van der Waals surface area contributed by atoms with Crippen LogP contribution in [0, 0.1) is 18.3 Å². The lowest BCUT2D eigenvalue weighted by Gasteiger charge is -2.42. The van der Waals surface area contributed by atoms with Gasteiger partial charge in [-0.25, -0.2) is 0 Å². The number of carbonyl (C=O) groups excluding carboxylic acids is 1. The zero-order valence-corrected chi connectivity index (χ0v) is 15.4. The number of rotatable bonds is 2. The van der Waals surface area contributed by atoms with Crippen molar-refractivity contribution in [2.24, 2.45) is 0 Å². The van der Waals surface area contributed by atoms with Crippen LogP contribution in [-0.2, 0) is 4.79 Å². The van der Waals surface area contributed by atoms with E-state index in [1.807, 2.05) is 29.6 Å². The average Bonchev–Trinajstić information content (AvgIpc) is 3.16. The first-order chi connectivity index (χ1) is 12.2. The molecule has 1 aromatic heterocycles. The number of hydrogen-bond donors (Lipinski definition) is 0. The van der Waals surface area contributed by atoms with Crippen molar-refractivity contribution < 1.29 is 4.79 Å². The van der Waals surface area contributed by atoms with Crippen molar-refractivity contribution in [3.63, 3.8) is 0 Å². The Morgan fingerprint density at radius 3 is 2.80 bits per heavy atom. The Bertz CT molecular complexity index is 882. The van der Waals surface area contributed by atoms with Crippen LogP contribution in [0.1, 0.15) is 22.8 Å². The SMILES string of the molecule is Cc1ccccc1N1CSC2=C(C#N)[C@@H](c3cccs3)CC(=O)N2C1. The van der Waals surface area contributed by atoms with Crippen molar-refractivity contribution in [3.05, 3.63) is 62.8 Å². The Hall–Kier alpha value is -2.23. The maximum Gasteiger partial charge on any atom is 0.229 e. The number of aryl methyl sites for hydroxylation is 1. The number of fused-ring (bicyclic) bond motifs is 1. The second-order valence-corrected chi connectivity index (χ2v) is 8.08. The van der Waals surface area contributed by atoms with Gasteiger partial charge in [-0.2, -0.15) is 5.26 Å². The number of anilines is 1. The van der Waals surface area contributed by atoms with E-state index in [4.69, 9.17) is 0 Å². The van der Waals surface area contributed by atoms with Gasteiger partial charge in [0, 0.05) is 22.9 Å². The van der Waals surface area contributed by atoms with Crippen molar-refractivity contribution in [1.29, 1.82) is 5.26 Å². The predicted octanol–water partition coefficient (Wildman–Crippen LogP) is 4.28. The fourth-order valence-electron chi connectivity index (χ4n) is 3.37. The van der Waals surface area contributed by atoms with Gasteiger partial charge < -0.3 is 4.90 Å². The summed E-state index contributed by atoms with van der Waals surface area (Å²) in [6, 6.07) is 14.6. The number of amides is 1. The van der Waals surface area contributed by atoms with Crippen molar-refractivity contribution >= 4 is 34.7 Å². The van der Waals surface area contributed by atoms with Gasteiger partial charge in [-0.3, -0.25) is 9.69 Å². The maximum absolute atomic E-state index is 12.8. The minimum atomic E-state index is -0.0961. The molecule has 25 heavy (non-hydrogen) atoms. The highest BCUT2D eigenvalue weighted by molar-refractivity contribution is 8.03. The van der Waals surface area contributed by atoms with Crippen LogP contribution in [0.4, 0.5) is 5.69 Å². The molecule has 1 amide bonds. The van der Waals surface area contributed by atoms with E-state index in [0.717, 1.165) is 27.0 Å². The van der Waals surface area contributed by atoms with Gasteiger partial charge in [-0.15, -0.1) is 11.3 Å². The standard InChI is InChI=1S/C19H17N3OS2/c1-13-5-2-3-6-16(13)21-11-22-18(23)9-14(17-7-4-8-24-17)15(10-20)19(22)25-12-21/h2-8,14H,9,11-12H2,1H3/t14-/m0/s1. The minimum absolute atomic E-state index is 0.0955. The Labute approximate surface area is 155 Å². The van der Waals surface area contributed by atoms with Crippen LogP contribution in [-0.4, -0.2) is 23.4 Å². The lowest BCUT2D eigenvalue weighted by atomic mass is 9.92. The Morgan fingerprint density at radius 2 is 2.08 bits per heavy atom. The fraction of sp³-hybridized carbons (Fsp3) is 0.263. The van der Waals surface area contributed by atoms with Gasteiger partial charge in [-0.1, -0.05) is 36.0 Å². The molecule has 1 atom stereocenters. The van der Waals surface area contributed by atoms with Crippen LogP contribution < -0.4 is 4.90 Å². The Balaban J connectivity index is 1.68. The van der Waals surface area contributed by atoms with Gasteiger partial charge in [0.15, 0.2) is 0 Å². The number of hydrogen-bond acceptors (Lipinski definition) is 5. The number of benzene rings is 1. The third-order valence-electron chi connectivity index (χ3n) is 4.64. The summed E-state index contributed by atoms with van der Waals surface area (Å²) in [5, 5.41) is 12.6. The van der Waals surface area contributed by atoms with Crippen LogP contribution in [0.3, 0.4) is 0 Å². The molecule has 0 bridgehead atoms. The average molecular weight is 367 g/mol.